The Morgan fingerprint density at radius 1 is 1.03 bits per heavy atom. The second kappa shape index (κ2) is 9.67. The molecule has 5 rings (SSSR count). The van der Waals surface area contributed by atoms with Gasteiger partial charge in [-0.05, 0) is 67.1 Å². The van der Waals surface area contributed by atoms with E-state index in [0.717, 1.165) is 49.6 Å². The molecule has 0 unspecified atom stereocenters. The van der Waals surface area contributed by atoms with E-state index in [1.807, 2.05) is 59.1 Å². The van der Waals surface area contributed by atoms with Crippen molar-refractivity contribution in [3.8, 4) is 0 Å². The van der Waals surface area contributed by atoms with Crippen LogP contribution in [0.15, 0.2) is 60.9 Å². The lowest BCUT2D eigenvalue weighted by molar-refractivity contribution is -0.120. The number of aryl methyl sites for hydroxylation is 1. The average Bonchev–Trinajstić information content (AvgIpc) is 3.26. The van der Waals surface area contributed by atoms with Crippen molar-refractivity contribution in [1.29, 1.82) is 0 Å². The van der Waals surface area contributed by atoms with Crippen LogP contribution >= 0.6 is 0 Å². The van der Waals surface area contributed by atoms with Gasteiger partial charge in [0.15, 0.2) is 5.82 Å². The number of carbonyl (C=O) groups is 2. The zero-order valence-corrected chi connectivity index (χ0v) is 19.4. The van der Waals surface area contributed by atoms with E-state index in [4.69, 9.17) is 0 Å². The van der Waals surface area contributed by atoms with Crippen molar-refractivity contribution in [2.45, 2.75) is 19.3 Å². The third-order valence-corrected chi connectivity index (χ3v) is 6.95. The molecule has 0 aliphatic carbocycles. The molecule has 8 nitrogen and oxygen atoms in total. The minimum absolute atomic E-state index is 0.0369. The maximum atomic E-state index is 12.7. The summed E-state index contributed by atoms with van der Waals surface area (Å²) in [6, 6.07) is 15.7. The predicted octanol–water partition coefficient (Wildman–Crippen LogP) is 2.98. The Morgan fingerprint density at radius 3 is 2.44 bits per heavy atom. The molecule has 3 aromatic rings. The van der Waals surface area contributed by atoms with E-state index in [1.165, 1.54) is 5.56 Å². The lowest BCUT2D eigenvalue weighted by Gasteiger charge is -2.38. The fourth-order valence-corrected chi connectivity index (χ4v) is 4.78. The highest BCUT2D eigenvalue weighted by Crippen LogP contribution is 2.25. The Bertz CT molecular complexity index is 1130. The van der Waals surface area contributed by atoms with Gasteiger partial charge in [0.05, 0.1) is 5.92 Å². The first-order valence-electron chi connectivity index (χ1n) is 11.9. The largest absolute Gasteiger partial charge is 0.353 e. The third kappa shape index (κ3) is 4.81. The van der Waals surface area contributed by atoms with Crippen LogP contribution in [0, 0.1) is 11.8 Å². The second-order valence-electron chi connectivity index (χ2n) is 9.31. The Hall–Kier alpha value is -3.68. The molecule has 0 bridgehead atoms. The van der Waals surface area contributed by atoms with Crippen LogP contribution in [-0.2, 0) is 18.3 Å². The Balaban J connectivity index is 1.07. The lowest BCUT2D eigenvalue weighted by Crippen LogP contribution is -2.52. The zero-order chi connectivity index (χ0) is 23.5. The quantitative estimate of drug-likeness (QED) is 0.614. The number of likely N-dealkylation sites (tertiary alicyclic amines) is 1. The first-order chi connectivity index (χ1) is 16.6. The van der Waals surface area contributed by atoms with E-state index in [-0.39, 0.29) is 17.7 Å². The van der Waals surface area contributed by atoms with Gasteiger partial charge in [-0.15, -0.1) is 5.10 Å². The van der Waals surface area contributed by atoms with Crippen LogP contribution in [0.2, 0.25) is 0 Å². The number of rotatable bonds is 6. The average molecular weight is 459 g/mol. The molecule has 8 heteroatoms. The van der Waals surface area contributed by atoms with E-state index in [1.54, 1.807) is 6.20 Å². The summed E-state index contributed by atoms with van der Waals surface area (Å²) in [6.45, 7) is 2.92. The molecule has 0 radical (unpaired) electrons. The van der Waals surface area contributed by atoms with Crippen molar-refractivity contribution in [1.82, 2.24) is 19.7 Å². The molecule has 2 saturated heterocycles. The highest BCUT2D eigenvalue weighted by atomic mass is 16.2. The van der Waals surface area contributed by atoms with Crippen molar-refractivity contribution in [2.75, 3.05) is 36.4 Å². The molecular formula is C26H30N6O2. The summed E-state index contributed by atoms with van der Waals surface area (Å²) in [6.07, 6.45) is 6.58. The van der Waals surface area contributed by atoms with Crippen LogP contribution in [0.25, 0.3) is 0 Å². The number of hydrogen-bond donors (Lipinski definition) is 1. The molecule has 2 aliphatic heterocycles. The maximum absolute atomic E-state index is 12.7. The molecule has 1 N–H and O–H groups in total. The van der Waals surface area contributed by atoms with Crippen LogP contribution in [0.4, 0.5) is 11.5 Å². The summed E-state index contributed by atoms with van der Waals surface area (Å²) in [7, 11) is 1.91. The monoisotopic (exact) mass is 458 g/mol. The van der Waals surface area contributed by atoms with Crippen LogP contribution in [0.1, 0.15) is 28.9 Å². The molecule has 4 heterocycles. The number of anilines is 2. The standard InChI is InChI=1S/C26H30N6O2/c1-30-13-3-4-23(30)26(34)31-14-10-20(11-15-31)16-19-6-8-22(9-7-19)28-25(33)21-17-32(18-21)24-5-2-12-27-29-24/h2-9,12-13,20-21H,10-11,14-18H2,1H3,(H,28,33). The molecule has 1 aromatic carbocycles. The summed E-state index contributed by atoms with van der Waals surface area (Å²) in [5.41, 5.74) is 2.84. The van der Waals surface area contributed by atoms with Gasteiger partial charge in [0.1, 0.15) is 5.69 Å². The van der Waals surface area contributed by atoms with E-state index in [0.29, 0.717) is 19.0 Å². The number of amides is 2. The third-order valence-electron chi connectivity index (χ3n) is 6.95. The van der Waals surface area contributed by atoms with Gasteiger partial charge in [-0.2, -0.15) is 5.10 Å². The Morgan fingerprint density at radius 2 is 1.79 bits per heavy atom. The topological polar surface area (TPSA) is 83.4 Å². The minimum atomic E-state index is -0.0369. The smallest absolute Gasteiger partial charge is 0.270 e. The van der Waals surface area contributed by atoms with Gasteiger partial charge < -0.3 is 19.7 Å². The normalized spacial score (nSPS) is 16.9. The lowest BCUT2D eigenvalue weighted by atomic mass is 9.90. The van der Waals surface area contributed by atoms with E-state index < -0.39 is 0 Å². The number of carbonyl (C=O) groups excluding carboxylic acids is 2. The molecule has 34 heavy (non-hydrogen) atoms. The van der Waals surface area contributed by atoms with Gasteiger partial charge in [-0.1, -0.05) is 12.1 Å². The molecule has 2 fully saturated rings. The summed E-state index contributed by atoms with van der Waals surface area (Å²) in [5.74, 6) is 1.51. The Labute approximate surface area is 199 Å². The second-order valence-corrected chi connectivity index (χ2v) is 9.31. The number of hydrogen-bond acceptors (Lipinski definition) is 5. The van der Waals surface area contributed by atoms with Gasteiger partial charge in [0, 0.05) is 51.3 Å². The van der Waals surface area contributed by atoms with Crippen molar-refractivity contribution in [2.24, 2.45) is 18.9 Å². The summed E-state index contributed by atoms with van der Waals surface area (Å²) >= 11 is 0. The molecule has 2 aromatic heterocycles. The van der Waals surface area contributed by atoms with Gasteiger partial charge >= 0.3 is 0 Å². The van der Waals surface area contributed by atoms with Gasteiger partial charge in [-0.25, -0.2) is 0 Å². The van der Waals surface area contributed by atoms with Crippen molar-refractivity contribution >= 4 is 23.3 Å². The van der Waals surface area contributed by atoms with Gasteiger partial charge in [0.2, 0.25) is 5.91 Å². The number of aromatic nitrogens is 3. The highest BCUT2D eigenvalue weighted by Gasteiger charge is 2.33. The maximum Gasteiger partial charge on any atom is 0.270 e. The van der Waals surface area contributed by atoms with Crippen LogP contribution in [-0.4, -0.2) is 57.7 Å². The van der Waals surface area contributed by atoms with E-state index >= 15 is 0 Å². The molecule has 176 valence electrons. The first kappa shape index (κ1) is 22.1. The summed E-state index contributed by atoms with van der Waals surface area (Å²) in [4.78, 5) is 29.3. The predicted molar refractivity (Wildman–Crippen MR) is 131 cm³/mol. The van der Waals surface area contributed by atoms with Crippen LogP contribution in [0.3, 0.4) is 0 Å². The highest BCUT2D eigenvalue weighted by molar-refractivity contribution is 5.94. The Kier molecular flexibility index (Phi) is 6.29. The van der Waals surface area contributed by atoms with Crippen LogP contribution in [0.5, 0.6) is 0 Å². The zero-order valence-electron chi connectivity index (χ0n) is 19.4. The fraction of sp³-hybridized carbons (Fsp3) is 0.385. The minimum Gasteiger partial charge on any atom is -0.353 e. The summed E-state index contributed by atoms with van der Waals surface area (Å²) < 4.78 is 1.88. The van der Waals surface area contributed by atoms with Gasteiger partial charge in [-0.3, -0.25) is 9.59 Å². The first-order valence-corrected chi connectivity index (χ1v) is 11.9. The summed E-state index contributed by atoms with van der Waals surface area (Å²) in [5, 5.41) is 11.0. The van der Waals surface area contributed by atoms with E-state index in [9.17, 15) is 9.59 Å². The molecular weight excluding hydrogens is 428 g/mol. The van der Waals surface area contributed by atoms with Crippen molar-refractivity contribution in [3.63, 3.8) is 0 Å². The van der Waals surface area contributed by atoms with Crippen molar-refractivity contribution in [3.05, 3.63) is 72.2 Å². The molecule has 2 aliphatic rings. The van der Waals surface area contributed by atoms with E-state index in [2.05, 4.69) is 32.5 Å². The van der Waals surface area contributed by atoms with Crippen molar-refractivity contribution < 1.29 is 9.59 Å². The molecule has 0 saturated carbocycles. The number of nitrogens with one attached hydrogen (secondary N) is 1. The fourth-order valence-electron chi connectivity index (χ4n) is 4.78. The molecule has 0 spiro atoms. The van der Waals surface area contributed by atoms with Crippen LogP contribution < -0.4 is 10.2 Å². The van der Waals surface area contributed by atoms with Gasteiger partial charge in [0.25, 0.3) is 5.91 Å². The number of piperidine rings is 1. The molecule has 0 atom stereocenters. The SMILES string of the molecule is Cn1cccc1C(=O)N1CCC(Cc2ccc(NC(=O)C3CN(c4cccnn4)C3)cc2)CC1. The number of nitrogens with zero attached hydrogens (tertiary/aromatic N) is 5. The number of benzene rings is 1. The molecule has 2 amide bonds.